The van der Waals surface area contributed by atoms with Crippen molar-refractivity contribution in [2.24, 2.45) is 0 Å². The van der Waals surface area contributed by atoms with Crippen molar-refractivity contribution in [2.75, 3.05) is 0 Å². The second-order valence-electron chi connectivity index (χ2n) is 5.01. The number of nitrogens with one attached hydrogen (secondary N) is 1. The Morgan fingerprint density at radius 3 is 2.94 bits per heavy atom. The predicted molar refractivity (Wildman–Crippen MR) is 75.8 cm³/mol. The third-order valence-corrected chi connectivity index (χ3v) is 4.24. The van der Waals surface area contributed by atoms with Gasteiger partial charge in [0.05, 0.1) is 0 Å². The second-order valence-corrected chi connectivity index (χ2v) is 5.95. The molecule has 1 aromatic carbocycles. The monoisotopic (exact) mass is 258 g/mol. The second kappa shape index (κ2) is 5.21. The molecule has 0 bridgehead atoms. The van der Waals surface area contributed by atoms with Crippen LogP contribution in [0.3, 0.4) is 0 Å². The Bertz CT molecular complexity index is 529. The number of thiazole rings is 1. The highest BCUT2D eigenvalue weighted by molar-refractivity contribution is 7.09. The maximum Gasteiger partial charge on any atom is 0.107 e. The summed E-state index contributed by atoms with van der Waals surface area (Å²) >= 11 is 1.73. The van der Waals surface area contributed by atoms with E-state index in [1.165, 1.54) is 29.0 Å². The predicted octanol–water partition coefficient (Wildman–Crippen LogP) is 3.62. The van der Waals surface area contributed by atoms with Crippen molar-refractivity contribution in [2.45, 2.75) is 38.8 Å². The van der Waals surface area contributed by atoms with Crippen LogP contribution in [-0.4, -0.2) is 4.98 Å². The lowest BCUT2D eigenvalue weighted by Gasteiger charge is -2.05. The van der Waals surface area contributed by atoms with Crippen LogP contribution in [-0.2, 0) is 13.1 Å². The fourth-order valence-corrected chi connectivity index (χ4v) is 2.91. The lowest BCUT2D eigenvalue weighted by molar-refractivity contribution is 0.688. The molecule has 1 heterocycles. The van der Waals surface area contributed by atoms with Gasteiger partial charge in [-0.25, -0.2) is 4.98 Å². The molecule has 1 aliphatic carbocycles. The van der Waals surface area contributed by atoms with E-state index in [1.807, 2.05) is 6.92 Å². The Hall–Kier alpha value is -1.19. The van der Waals surface area contributed by atoms with Gasteiger partial charge < -0.3 is 5.32 Å². The zero-order valence-electron chi connectivity index (χ0n) is 10.6. The summed E-state index contributed by atoms with van der Waals surface area (Å²) in [6.45, 7) is 3.84. The molecule has 0 saturated heterocycles. The Morgan fingerprint density at radius 1 is 1.33 bits per heavy atom. The minimum atomic E-state index is 0.839. The topological polar surface area (TPSA) is 24.9 Å². The molecule has 2 nitrogen and oxygen atoms in total. The Labute approximate surface area is 112 Å². The van der Waals surface area contributed by atoms with Crippen LogP contribution < -0.4 is 5.32 Å². The van der Waals surface area contributed by atoms with Gasteiger partial charge in [-0.1, -0.05) is 24.3 Å². The first kappa shape index (κ1) is 11.9. The van der Waals surface area contributed by atoms with Crippen molar-refractivity contribution < 1.29 is 0 Å². The maximum atomic E-state index is 4.45. The van der Waals surface area contributed by atoms with E-state index < -0.39 is 0 Å². The summed E-state index contributed by atoms with van der Waals surface area (Å²) < 4.78 is 0. The smallest absolute Gasteiger partial charge is 0.107 e. The Kier molecular flexibility index (Phi) is 3.43. The van der Waals surface area contributed by atoms with Crippen LogP contribution in [0.5, 0.6) is 0 Å². The van der Waals surface area contributed by atoms with E-state index in [0.717, 1.165) is 24.7 Å². The average Bonchev–Trinajstić information content (AvgIpc) is 3.14. The average molecular weight is 258 g/mol. The van der Waals surface area contributed by atoms with Crippen molar-refractivity contribution in [3.8, 4) is 0 Å². The molecule has 1 fully saturated rings. The lowest BCUT2D eigenvalue weighted by atomic mass is 10.1. The highest BCUT2D eigenvalue weighted by Crippen LogP contribution is 2.40. The zero-order valence-corrected chi connectivity index (χ0v) is 11.5. The van der Waals surface area contributed by atoms with Gasteiger partial charge in [-0.05, 0) is 36.8 Å². The zero-order chi connectivity index (χ0) is 12.4. The summed E-state index contributed by atoms with van der Waals surface area (Å²) in [4.78, 5) is 4.45. The SMILES string of the molecule is Cc1csc(CNCc2cccc(C3CC3)c2)n1. The molecule has 0 amide bonds. The van der Waals surface area contributed by atoms with Crippen molar-refractivity contribution in [3.63, 3.8) is 0 Å². The largest absolute Gasteiger partial charge is 0.306 e. The molecule has 1 saturated carbocycles. The molecule has 94 valence electrons. The van der Waals surface area contributed by atoms with Crippen LogP contribution in [0.25, 0.3) is 0 Å². The highest BCUT2D eigenvalue weighted by atomic mass is 32.1. The minimum Gasteiger partial charge on any atom is -0.306 e. The number of nitrogens with zero attached hydrogens (tertiary/aromatic N) is 1. The summed E-state index contributed by atoms with van der Waals surface area (Å²) in [5.41, 5.74) is 4.01. The van der Waals surface area contributed by atoms with Gasteiger partial charge in [0.15, 0.2) is 0 Å². The van der Waals surface area contributed by atoms with Gasteiger partial charge in [-0.2, -0.15) is 0 Å². The van der Waals surface area contributed by atoms with Crippen molar-refractivity contribution >= 4 is 11.3 Å². The van der Waals surface area contributed by atoms with E-state index in [-0.39, 0.29) is 0 Å². The molecule has 0 spiro atoms. The van der Waals surface area contributed by atoms with E-state index in [2.05, 4.69) is 39.9 Å². The minimum absolute atomic E-state index is 0.839. The quantitative estimate of drug-likeness (QED) is 0.886. The third kappa shape index (κ3) is 2.98. The molecule has 2 aromatic rings. The number of benzene rings is 1. The van der Waals surface area contributed by atoms with Gasteiger partial charge in [0.2, 0.25) is 0 Å². The van der Waals surface area contributed by atoms with Crippen LogP contribution >= 0.6 is 11.3 Å². The van der Waals surface area contributed by atoms with Crippen molar-refractivity contribution in [1.82, 2.24) is 10.3 Å². The number of aryl methyl sites for hydroxylation is 1. The van der Waals surface area contributed by atoms with Gasteiger partial charge in [0.25, 0.3) is 0 Å². The molecule has 3 rings (SSSR count). The van der Waals surface area contributed by atoms with Crippen molar-refractivity contribution in [1.29, 1.82) is 0 Å². The van der Waals surface area contributed by atoms with Crippen molar-refractivity contribution in [3.05, 3.63) is 51.5 Å². The van der Waals surface area contributed by atoms with Crippen LogP contribution in [0.2, 0.25) is 0 Å². The first-order valence-electron chi connectivity index (χ1n) is 6.52. The Balaban J connectivity index is 1.54. The number of aromatic nitrogens is 1. The molecule has 0 unspecified atom stereocenters. The van der Waals surface area contributed by atoms with Gasteiger partial charge >= 0.3 is 0 Å². The van der Waals surface area contributed by atoms with Gasteiger partial charge in [-0.15, -0.1) is 11.3 Å². The van der Waals surface area contributed by atoms with E-state index in [9.17, 15) is 0 Å². The molecule has 0 atom stereocenters. The molecule has 0 radical (unpaired) electrons. The molecular weight excluding hydrogens is 240 g/mol. The maximum absolute atomic E-state index is 4.45. The molecular formula is C15H18N2S. The van der Waals surface area contributed by atoms with E-state index >= 15 is 0 Å². The first-order chi connectivity index (χ1) is 8.81. The van der Waals surface area contributed by atoms with E-state index in [1.54, 1.807) is 11.3 Å². The van der Waals surface area contributed by atoms with Crippen LogP contribution in [0.4, 0.5) is 0 Å². The summed E-state index contributed by atoms with van der Waals surface area (Å²) in [5.74, 6) is 0.839. The molecule has 1 N–H and O–H groups in total. The van der Waals surface area contributed by atoms with E-state index in [0.29, 0.717) is 0 Å². The number of hydrogen-bond acceptors (Lipinski definition) is 3. The van der Waals surface area contributed by atoms with Gasteiger partial charge in [0, 0.05) is 24.2 Å². The summed E-state index contributed by atoms with van der Waals surface area (Å²) in [6.07, 6.45) is 2.74. The molecule has 1 aliphatic rings. The number of hydrogen-bond donors (Lipinski definition) is 1. The standard InChI is InChI=1S/C15H18N2S/c1-11-10-18-15(17-11)9-16-8-12-3-2-4-14(7-12)13-5-6-13/h2-4,7,10,13,16H,5-6,8-9H2,1H3. The van der Waals surface area contributed by atoms with Gasteiger partial charge in [0.1, 0.15) is 5.01 Å². The molecule has 1 aromatic heterocycles. The first-order valence-corrected chi connectivity index (χ1v) is 7.40. The summed E-state index contributed by atoms with van der Waals surface area (Å²) in [5, 5.41) is 6.74. The Morgan fingerprint density at radius 2 is 2.22 bits per heavy atom. The highest BCUT2D eigenvalue weighted by Gasteiger charge is 2.23. The molecule has 0 aliphatic heterocycles. The number of rotatable bonds is 5. The third-order valence-electron chi connectivity index (χ3n) is 3.27. The fraction of sp³-hybridized carbons (Fsp3) is 0.400. The summed E-state index contributed by atoms with van der Waals surface area (Å²) in [6, 6.07) is 8.98. The summed E-state index contributed by atoms with van der Waals surface area (Å²) in [7, 11) is 0. The van der Waals surface area contributed by atoms with Gasteiger partial charge in [-0.3, -0.25) is 0 Å². The normalized spacial score (nSPS) is 14.9. The van der Waals surface area contributed by atoms with Crippen LogP contribution in [0, 0.1) is 6.92 Å². The van der Waals surface area contributed by atoms with Crippen LogP contribution in [0.15, 0.2) is 29.6 Å². The molecule has 3 heteroatoms. The van der Waals surface area contributed by atoms with Crippen LogP contribution in [0.1, 0.15) is 40.6 Å². The fourth-order valence-electron chi connectivity index (χ4n) is 2.17. The molecule has 18 heavy (non-hydrogen) atoms. The van der Waals surface area contributed by atoms with E-state index in [4.69, 9.17) is 0 Å². The lowest BCUT2D eigenvalue weighted by Crippen LogP contribution is -2.12.